The van der Waals surface area contributed by atoms with E-state index in [-0.39, 0.29) is 17.5 Å². The molecule has 0 saturated heterocycles. The van der Waals surface area contributed by atoms with Crippen molar-refractivity contribution in [2.24, 2.45) is 5.92 Å². The van der Waals surface area contributed by atoms with Crippen LogP contribution in [0, 0.1) is 23.0 Å². The molecule has 0 bridgehead atoms. The molecule has 0 fully saturated rings. The molecule has 1 aromatic rings. The Labute approximate surface area is 110 Å². The van der Waals surface area contributed by atoms with Gasteiger partial charge in [0.05, 0.1) is 4.92 Å². The minimum absolute atomic E-state index is 0.0869. The molecule has 1 N–H and O–H groups in total. The van der Waals surface area contributed by atoms with Gasteiger partial charge in [0.15, 0.2) is 0 Å². The number of aryl methyl sites for hydroxylation is 1. The van der Waals surface area contributed by atoms with Crippen LogP contribution in [-0.4, -0.2) is 23.3 Å². The minimum atomic E-state index is -0.516. The third kappa shape index (κ3) is 3.70. The Balaban J connectivity index is 2.84. The molecule has 0 aliphatic heterocycles. The lowest BCUT2D eigenvalue weighted by atomic mass is 10.1. The first kappa shape index (κ1) is 14.4. The topological polar surface area (TPSA) is 72.2 Å². The standard InChI is InChI=1S/C12H15ClN2O3/c1-8(6-13)7-14-12(16)11-5-10(15(17)18)4-3-9(11)2/h3-5,8H,6-7H2,1-2H3,(H,14,16). The van der Waals surface area contributed by atoms with Crippen LogP contribution < -0.4 is 5.32 Å². The number of hydrogen-bond donors (Lipinski definition) is 1. The van der Waals surface area contributed by atoms with Crippen LogP contribution in [0.1, 0.15) is 22.8 Å². The highest BCUT2D eigenvalue weighted by molar-refractivity contribution is 6.18. The number of benzene rings is 1. The number of nitrogens with zero attached hydrogens (tertiary/aromatic N) is 1. The summed E-state index contributed by atoms with van der Waals surface area (Å²) in [6.45, 7) is 4.10. The molecular formula is C12H15ClN2O3. The van der Waals surface area contributed by atoms with E-state index in [0.29, 0.717) is 23.6 Å². The summed E-state index contributed by atoms with van der Waals surface area (Å²) in [5.74, 6) is 0.302. The maximum atomic E-state index is 11.9. The molecule has 6 heteroatoms. The second-order valence-electron chi connectivity index (χ2n) is 4.23. The fourth-order valence-corrected chi connectivity index (χ4v) is 1.49. The van der Waals surface area contributed by atoms with Crippen LogP contribution in [0.5, 0.6) is 0 Å². The van der Waals surface area contributed by atoms with E-state index in [4.69, 9.17) is 11.6 Å². The molecule has 5 nitrogen and oxygen atoms in total. The van der Waals surface area contributed by atoms with Gasteiger partial charge in [-0.25, -0.2) is 0 Å². The lowest BCUT2D eigenvalue weighted by Crippen LogP contribution is -2.29. The van der Waals surface area contributed by atoms with E-state index in [1.165, 1.54) is 12.1 Å². The monoisotopic (exact) mass is 270 g/mol. The highest BCUT2D eigenvalue weighted by Crippen LogP contribution is 2.17. The lowest BCUT2D eigenvalue weighted by molar-refractivity contribution is -0.384. The summed E-state index contributed by atoms with van der Waals surface area (Å²) < 4.78 is 0. The highest BCUT2D eigenvalue weighted by atomic mass is 35.5. The smallest absolute Gasteiger partial charge is 0.270 e. The Morgan fingerprint density at radius 3 is 2.78 bits per heavy atom. The number of halogens is 1. The van der Waals surface area contributed by atoms with Crippen molar-refractivity contribution in [2.45, 2.75) is 13.8 Å². The van der Waals surface area contributed by atoms with Gasteiger partial charge in [-0.3, -0.25) is 14.9 Å². The number of carbonyl (C=O) groups is 1. The summed E-state index contributed by atoms with van der Waals surface area (Å²) in [4.78, 5) is 22.0. The molecule has 1 unspecified atom stereocenters. The number of hydrogen-bond acceptors (Lipinski definition) is 3. The predicted octanol–water partition coefficient (Wildman–Crippen LogP) is 2.51. The fraction of sp³-hybridized carbons (Fsp3) is 0.417. The first-order chi connectivity index (χ1) is 8.45. The van der Waals surface area contributed by atoms with E-state index in [1.807, 2.05) is 6.92 Å². The summed E-state index contributed by atoms with van der Waals surface area (Å²) in [6.07, 6.45) is 0. The minimum Gasteiger partial charge on any atom is -0.352 e. The Morgan fingerprint density at radius 1 is 1.56 bits per heavy atom. The van der Waals surface area contributed by atoms with Gasteiger partial charge in [-0.05, 0) is 18.4 Å². The Kier molecular flexibility index (Phi) is 5.09. The fourth-order valence-electron chi connectivity index (χ4n) is 1.38. The number of nitro benzene ring substituents is 1. The molecule has 98 valence electrons. The van der Waals surface area contributed by atoms with E-state index in [0.717, 1.165) is 0 Å². The number of amides is 1. The van der Waals surface area contributed by atoms with Crippen LogP contribution in [-0.2, 0) is 0 Å². The van der Waals surface area contributed by atoms with Gasteiger partial charge < -0.3 is 5.32 Å². The molecular weight excluding hydrogens is 256 g/mol. The number of carbonyl (C=O) groups excluding carboxylic acids is 1. The van der Waals surface area contributed by atoms with Crippen molar-refractivity contribution in [1.29, 1.82) is 0 Å². The first-order valence-electron chi connectivity index (χ1n) is 5.55. The second kappa shape index (κ2) is 6.35. The van der Waals surface area contributed by atoms with Crippen molar-refractivity contribution in [3.8, 4) is 0 Å². The highest BCUT2D eigenvalue weighted by Gasteiger charge is 2.14. The average molecular weight is 271 g/mol. The third-order valence-electron chi connectivity index (χ3n) is 2.55. The molecule has 0 radical (unpaired) electrons. The van der Waals surface area contributed by atoms with E-state index >= 15 is 0 Å². The number of nitrogens with one attached hydrogen (secondary N) is 1. The van der Waals surface area contributed by atoms with E-state index in [1.54, 1.807) is 13.0 Å². The molecule has 18 heavy (non-hydrogen) atoms. The largest absolute Gasteiger partial charge is 0.352 e. The normalized spacial score (nSPS) is 11.9. The Morgan fingerprint density at radius 2 is 2.22 bits per heavy atom. The maximum Gasteiger partial charge on any atom is 0.270 e. The second-order valence-corrected chi connectivity index (χ2v) is 4.53. The summed E-state index contributed by atoms with van der Waals surface area (Å²) >= 11 is 5.64. The lowest BCUT2D eigenvalue weighted by Gasteiger charge is -2.10. The molecule has 0 aliphatic rings. The number of nitro groups is 1. The third-order valence-corrected chi connectivity index (χ3v) is 3.08. The zero-order chi connectivity index (χ0) is 13.7. The molecule has 0 saturated carbocycles. The maximum absolute atomic E-state index is 11.9. The van der Waals surface area contributed by atoms with Crippen LogP contribution in [0.15, 0.2) is 18.2 Å². The van der Waals surface area contributed by atoms with Gasteiger partial charge in [0.2, 0.25) is 0 Å². The van der Waals surface area contributed by atoms with Crippen LogP contribution >= 0.6 is 11.6 Å². The van der Waals surface area contributed by atoms with Crippen molar-refractivity contribution in [3.05, 3.63) is 39.4 Å². The SMILES string of the molecule is Cc1ccc([N+](=O)[O-])cc1C(=O)NCC(C)CCl. The van der Waals surface area contributed by atoms with E-state index in [9.17, 15) is 14.9 Å². The van der Waals surface area contributed by atoms with Crippen molar-refractivity contribution >= 4 is 23.2 Å². The van der Waals surface area contributed by atoms with Crippen LogP contribution in [0.25, 0.3) is 0 Å². The van der Waals surface area contributed by atoms with Gasteiger partial charge in [0.1, 0.15) is 0 Å². The summed E-state index contributed by atoms with van der Waals surface area (Å²) in [5.41, 5.74) is 0.943. The molecule has 0 spiro atoms. The van der Waals surface area contributed by atoms with Crippen molar-refractivity contribution in [3.63, 3.8) is 0 Å². The average Bonchev–Trinajstić information content (AvgIpc) is 2.35. The molecule has 1 rings (SSSR count). The van der Waals surface area contributed by atoms with Crippen LogP contribution in [0.2, 0.25) is 0 Å². The number of alkyl halides is 1. The van der Waals surface area contributed by atoms with Crippen molar-refractivity contribution in [1.82, 2.24) is 5.32 Å². The number of non-ortho nitro benzene ring substituents is 1. The van der Waals surface area contributed by atoms with Gasteiger partial charge in [-0.1, -0.05) is 13.0 Å². The van der Waals surface area contributed by atoms with Crippen molar-refractivity contribution in [2.75, 3.05) is 12.4 Å². The molecule has 1 atom stereocenters. The number of rotatable bonds is 5. The molecule has 1 aromatic carbocycles. The van der Waals surface area contributed by atoms with Gasteiger partial charge >= 0.3 is 0 Å². The van der Waals surface area contributed by atoms with Gasteiger partial charge in [-0.15, -0.1) is 11.6 Å². The van der Waals surface area contributed by atoms with Crippen molar-refractivity contribution < 1.29 is 9.72 Å². The predicted molar refractivity (Wildman–Crippen MR) is 70.1 cm³/mol. The molecule has 1 amide bonds. The molecule has 0 aromatic heterocycles. The Bertz CT molecular complexity index is 463. The van der Waals surface area contributed by atoms with Crippen LogP contribution in [0.4, 0.5) is 5.69 Å². The van der Waals surface area contributed by atoms with Gasteiger partial charge in [0.25, 0.3) is 11.6 Å². The van der Waals surface area contributed by atoms with Crippen LogP contribution in [0.3, 0.4) is 0 Å². The van der Waals surface area contributed by atoms with Gasteiger partial charge in [0, 0.05) is 30.1 Å². The zero-order valence-electron chi connectivity index (χ0n) is 10.3. The Hall–Kier alpha value is -1.62. The quantitative estimate of drug-likeness (QED) is 0.508. The summed E-state index contributed by atoms with van der Waals surface area (Å²) in [5, 5.41) is 13.4. The zero-order valence-corrected chi connectivity index (χ0v) is 11.0. The summed E-state index contributed by atoms with van der Waals surface area (Å²) in [6, 6.07) is 4.24. The van der Waals surface area contributed by atoms with Gasteiger partial charge in [-0.2, -0.15) is 0 Å². The molecule has 0 aliphatic carbocycles. The van der Waals surface area contributed by atoms with E-state index in [2.05, 4.69) is 5.32 Å². The first-order valence-corrected chi connectivity index (χ1v) is 6.08. The summed E-state index contributed by atoms with van der Waals surface area (Å²) in [7, 11) is 0. The van der Waals surface area contributed by atoms with E-state index < -0.39 is 4.92 Å². The molecule has 0 heterocycles.